The van der Waals surface area contributed by atoms with Gasteiger partial charge in [0.2, 0.25) is 5.91 Å². The molecular formula is C25H28N2O6. The van der Waals surface area contributed by atoms with Gasteiger partial charge in [-0.15, -0.1) is 0 Å². The molecule has 2 N–H and O–H groups in total. The predicted octanol–water partition coefficient (Wildman–Crippen LogP) is 2.86. The summed E-state index contributed by atoms with van der Waals surface area (Å²) >= 11 is 0. The number of hydrogen-bond donors (Lipinski definition) is 2. The molecule has 0 radical (unpaired) electrons. The molecule has 1 aliphatic carbocycles. The van der Waals surface area contributed by atoms with E-state index < -0.39 is 30.1 Å². The van der Waals surface area contributed by atoms with Crippen molar-refractivity contribution in [1.82, 2.24) is 10.2 Å². The third-order valence-electron chi connectivity index (χ3n) is 6.53. The van der Waals surface area contributed by atoms with Gasteiger partial charge in [0, 0.05) is 13.0 Å². The summed E-state index contributed by atoms with van der Waals surface area (Å²) in [6, 6.07) is 14.7. The highest BCUT2D eigenvalue weighted by Crippen LogP contribution is 2.44. The molecule has 8 heteroatoms. The Kier molecular flexibility index (Phi) is 6.65. The van der Waals surface area contributed by atoms with Crippen LogP contribution in [0.4, 0.5) is 4.79 Å². The number of carbonyl (C=O) groups excluding carboxylic acids is 2. The fourth-order valence-electron chi connectivity index (χ4n) is 4.76. The number of rotatable bonds is 7. The molecule has 1 heterocycles. The largest absolute Gasteiger partial charge is 0.480 e. The number of carbonyl (C=O) groups is 3. The minimum atomic E-state index is -1.06. The molecule has 1 fully saturated rings. The topological polar surface area (TPSA) is 105 Å². The summed E-state index contributed by atoms with van der Waals surface area (Å²) in [6.07, 6.45) is -0.339. The molecule has 2 aromatic carbocycles. The first-order valence-corrected chi connectivity index (χ1v) is 11.1. The van der Waals surface area contributed by atoms with E-state index >= 15 is 0 Å². The van der Waals surface area contributed by atoms with Crippen molar-refractivity contribution in [3.63, 3.8) is 0 Å². The monoisotopic (exact) mass is 452 g/mol. The van der Waals surface area contributed by atoms with Crippen LogP contribution >= 0.6 is 0 Å². The summed E-state index contributed by atoms with van der Waals surface area (Å²) < 4.78 is 11.0. The number of amides is 2. The van der Waals surface area contributed by atoms with E-state index in [9.17, 15) is 19.5 Å². The Labute approximate surface area is 192 Å². The molecule has 33 heavy (non-hydrogen) atoms. The van der Waals surface area contributed by atoms with Crippen molar-refractivity contribution in [2.75, 3.05) is 26.9 Å². The fraction of sp³-hybridized carbons (Fsp3) is 0.400. The van der Waals surface area contributed by atoms with Gasteiger partial charge in [-0.1, -0.05) is 55.5 Å². The average Bonchev–Trinajstić information content (AvgIpc) is 3.39. The van der Waals surface area contributed by atoms with Gasteiger partial charge in [0.1, 0.15) is 12.6 Å². The number of carboxylic acid groups (broad SMARTS) is 1. The summed E-state index contributed by atoms with van der Waals surface area (Å²) in [4.78, 5) is 38.1. The van der Waals surface area contributed by atoms with E-state index in [0.29, 0.717) is 0 Å². The highest BCUT2D eigenvalue weighted by Gasteiger charge is 2.39. The number of nitrogens with one attached hydrogen (secondary N) is 1. The molecular weight excluding hydrogens is 424 g/mol. The Bertz CT molecular complexity index is 1010. The first-order chi connectivity index (χ1) is 15.9. The van der Waals surface area contributed by atoms with Gasteiger partial charge in [0.25, 0.3) is 0 Å². The van der Waals surface area contributed by atoms with Gasteiger partial charge in [-0.05, 0) is 28.7 Å². The SMILES string of the molecule is CCC(C(=O)O)N(C)C(=O)C1COCC1NC(=O)OCC1c2ccccc2-c2ccccc21. The lowest BCUT2D eigenvalue weighted by atomic mass is 9.98. The van der Waals surface area contributed by atoms with Crippen LogP contribution in [0.5, 0.6) is 0 Å². The third kappa shape index (κ3) is 4.43. The van der Waals surface area contributed by atoms with Crippen molar-refractivity contribution in [2.24, 2.45) is 5.92 Å². The van der Waals surface area contributed by atoms with Crippen LogP contribution in [0.2, 0.25) is 0 Å². The van der Waals surface area contributed by atoms with Crippen LogP contribution in [0.15, 0.2) is 48.5 Å². The smallest absolute Gasteiger partial charge is 0.407 e. The van der Waals surface area contributed by atoms with Gasteiger partial charge < -0.3 is 24.8 Å². The first kappa shape index (κ1) is 22.8. The molecule has 2 aliphatic rings. The van der Waals surface area contributed by atoms with E-state index in [1.807, 2.05) is 36.4 Å². The van der Waals surface area contributed by atoms with E-state index in [2.05, 4.69) is 17.4 Å². The van der Waals surface area contributed by atoms with Crippen LogP contribution in [-0.2, 0) is 19.1 Å². The Morgan fingerprint density at radius 3 is 2.27 bits per heavy atom. The minimum absolute atomic E-state index is 0.0626. The second-order valence-corrected chi connectivity index (χ2v) is 8.43. The maximum atomic E-state index is 12.9. The quantitative estimate of drug-likeness (QED) is 0.669. The second-order valence-electron chi connectivity index (χ2n) is 8.43. The lowest BCUT2D eigenvalue weighted by Crippen LogP contribution is -2.50. The van der Waals surface area contributed by atoms with Crippen LogP contribution in [0.1, 0.15) is 30.4 Å². The number of ether oxygens (including phenoxy) is 2. The minimum Gasteiger partial charge on any atom is -0.480 e. The Morgan fingerprint density at radius 1 is 1.09 bits per heavy atom. The predicted molar refractivity (Wildman–Crippen MR) is 121 cm³/mol. The zero-order valence-corrected chi connectivity index (χ0v) is 18.7. The molecule has 1 aliphatic heterocycles. The van der Waals surface area contributed by atoms with Gasteiger partial charge in [-0.25, -0.2) is 9.59 Å². The molecule has 2 amide bonds. The molecule has 0 saturated carbocycles. The van der Waals surface area contributed by atoms with Crippen molar-refractivity contribution in [3.8, 4) is 11.1 Å². The Morgan fingerprint density at radius 2 is 1.70 bits per heavy atom. The van der Waals surface area contributed by atoms with Gasteiger partial charge in [0.05, 0.1) is 25.2 Å². The van der Waals surface area contributed by atoms with Gasteiger partial charge >= 0.3 is 12.1 Å². The van der Waals surface area contributed by atoms with Crippen molar-refractivity contribution >= 4 is 18.0 Å². The molecule has 174 valence electrons. The summed E-state index contributed by atoms with van der Waals surface area (Å²) in [5, 5.41) is 12.1. The Hall–Kier alpha value is -3.39. The number of alkyl carbamates (subject to hydrolysis) is 1. The van der Waals surface area contributed by atoms with Crippen molar-refractivity contribution in [1.29, 1.82) is 0 Å². The van der Waals surface area contributed by atoms with E-state index in [-0.39, 0.29) is 38.1 Å². The maximum absolute atomic E-state index is 12.9. The van der Waals surface area contributed by atoms with Gasteiger partial charge in [-0.2, -0.15) is 0 Å². The molecule has 3 atom stereocenters. The number of fused-ring (bicyclic) bond motifs is 3. The number of hydrogen-bond acceptors (Lipinski definition) is 5. The number of aliphatic carboxylic acids is 1. The Balaban J connectivity index is 1.39. The van der Waals surface area contributed by atoms with Crippen LogP contribution in [0, 0.1) is 5.92 Å². The van der Waals surface area contributed by atoms with Gasteiger partial charge in [-0.3, -0.25) is 4.79 Å². The standard InChI is InChI=1S/C25H28N2O6/c1-3-22(24(29)30)27(2)23(28)20-12-32-14-21(20)26-25(31)33-13-19-17-10-6-4-8-15(17)16-9-5-7-11-18(16)19/h4-11,19-22H,3,12-14H2,1-2H3,(H,26,31)(H,29,30). The van der Waals surface area contributed by atoms with E-state index in [1.165, 1.54) is 11.9 Å². The van der Waals surface area contributed by atoms with Crippen molar-refractivity contribution in [3.05, 3.63) is 59.7 Å². The zero-order valence-electron chi connectivity index (χ0n) is 18.7. The summed E-state index contributed by atoms with van der Waals surface area (Å²) in [5.41, 5.74) is 4.52. The number of carboxylic acids is 1. The molecule has 0 bridgehead atoms. The first-order valence-electron chi connectivity index (χ1n) is 11.1. The third-order valence-corrected chi connectivity index (χ3v) is 6.53. The molecule has 0 spiro atoms. The van der Waals surface area contributed by atoms with Gasteiger partial charge in [0.15, 0.2) is 0 Å². The lowest BCUT2D eigenvalue weighted by molar-refractivity contribution is -0.151. The van der Waals surface area contributed by atoms with E-state index in [1.54, 1.807) is 6.92 Å². The molecule has 8 nitrogen and oxygen atoms in total. The molecule has 0 aromatic heterocycles. The molecule has 2 aromatic rings. The highest BCUT2D eigenvalue weighted by molar-refractivity contribution is 5.86. The van der Waals surface area contributed by atoms with Crippen molar-refractivity contribution in [2.45, 2.75) is 31.3 Å². The maximum Gasteiger partial charge on any atom is 0.407 e. The second kappa shape index (κ2) is 9.62. The summed E-state index contributed by atoms with van der Waals surface area (Å²) in [7, 11) is 1.47. The lowest BCUT2D eigenvalue weighted by Gasteiger charge is -2.28. The number of likely N-dealkylation sites (N-methyl/N-ethyl adjacent to an activating group) is 1. The number of benzene rings is 2. The van der Waals surface area contributed by atoms with Crippen molar-refractivity contribution < 1.29 is 29.0 Å². The average molecular weight is 453 g/mol. The molecule has 4 rings (SSSR count). The van der Waals surface area contributed by atoms with Crippen LogP contribution < -0.4 is 5.32 Å². The van der Waals surface area contributed by atoms with E-state index in [0.717, 1.165) is 22.3 Å². The normalized spacial score (nSPS) is 19.9. The number of nitrogens with zero attached hydrogens (tertiary/aromatic N) is 1. The van der Waals surface area contributed by atoms with Crippen LogP contribution in [-0.4, -0.2) is 66.9 Å². The summed E-state index contributed by atoms with van der Waals surface area (Å²) in [6.45, 7) is 2.16. The van der Waals surface area contributed by atoms with Crippen LogP contribution in [0.3, 0.4) is 0 Å². The zero-order chi connectivity index (χ0) is 23.5. The fourth-order valence-corrected chi connectivity index (χ4v) is 4.76. The molecule has 3 unspecified atom stereocenters. The van der Waals surface area contributed by atoms with Crippen LogP contribution in [0.25, 0.3) is 11.1 Å². The molecule has 1 saturated heterocycles. The highest BCUT2D eigenvalue weighted by atomic mass is 16.5. The summed E-state index contributed by atoms with van der Waals surface area (Å²) in [5.74, 6) is -2.16. The van der Waals surface area contributed by atoms with E-state index in [4.69, 9.17) is 9.47 Å².